The Hall–Kier alpha value is -1.42. The van der Waals surface area contributed by atoms with Gasteiger partial charge < -0.3 is 10.2 Å². The van der Waals surface area contributed by atoms with Crippen molar-refractivity contribution in [2.75, 3.05) is 6.61 Å². The van der Waals surface area contributed by atoms with E-state index in [-0.39, 0.29) is 35.2 Å². The molecule has 0 aliphatic heterocycles. The first kappa shape index (κ1) is 17.4. The van der Waals surface area contributed by atoms with Crippen molar-refractivity contribution in [1.29, 1.82) is 0 Å². The van der Waals surface area contributed by atoms with Crippen molar-refractivity contribution in [1.82, 2.24) is 0 Å². The van der Waals surface area contributed by atoms with Crippen LogP contribution in [0.2, 0.25) is 0 Å². The monoisotopic (exact) mass is 332 g/mol. The van der Waals surface area contributed by atoms with Gasteiger partial charge in [-0.15, -0.1) is 0 Å². The van der Waals surface area contributed by atoms with E-state index in [1.54, 1.807) is 0 Å². The van der Waals surface area contributed by atoms with Crippen molar-refractivity contribution >= 4 is 11.6 Å². The molecule has 0 aromatic heterocycles. The van der Waals surface area contributed by atoms with Crippen LogP contribution in [-0.2, 0) is 9.59 Å². The van der Waals surface area contributed by atoms with E-state index in [1.165, 1.54) is 0 Å². The molecule has 24 heavy (non-hydrogen) atoms. The van der Waals surface area contributed by atoms with Crippen molar-refractivity contribution in [3.63, 3.8) is 0 Å². The molecule has 0 unspecified atom stereocenters. The number of aliphatic hydroxyl groups excluding tert-OH is 2. The van der Waals surface area contributed by atoms with Crippen LogP contribution in [0.15, 0.2) is 22.5 Å². The lowest BCUT2D eigenvalue weighted by Gasteiger charge is -2.55. The second kappa shape index (κ2) is 5.55. The van der Waals surface area contributed by atoms with Crippen LogP contribution in [0.3, 0.4) is 0 Å². The molecule has 3 aliphatic rings. The highest BCUT2D eigenvalue weighted by Crippen LogP contribution is 2.61. The second-order valence-corrected chi connectivity index (χ2v) is 8.68. The average Bonchev–Trinajstić information content (AvgIpc) is 2.51. The van der Waals surface area contributed by atoms with Gasteiger partial charge in [-0.1, -0.05) is 34.1 Å². The first-order valence-corrected chi connectivity index (χ1v) is 9.04. The summed E-state index contributed by atoms with van der Waals surface area (Å²) in [6, 6.07) is 0. The Bertz CT molecular complexity index is 665. The highest BCUT2D eigenvalue weighted by molar-refractivity contribution is 6.50. The zero-order chi connectivity index (χ0) is 17.9. The maximum atomic E-state index is 13.0. The summed E-state index contributed by atoms with van der Waals surface area (Å²) in [5, 5.41) is 21.0. The number of carbonyl (C=O) groups is 2. The fraction of sp³-hybridized carbons (Fsp3) is 0.700. The van der Waals surface area contributed by atoms with Gasteiger partial charge in [0, 0.05) is 22.1 Å². The molecule has 0 radical (unpaired) electrons. The zero-order valence-corrected chi connectivity index (χ0v) is 15.1. The van der Waals surface area contributed by atoms with Crippen molar-refractivity contribution < 1.29 is 19.8 Å². The summed E-state index contributed by atoms with van der Waals surface area (Å²) in [6.07, 6.45) is 4.13. The lowest BCUT2D eigenvalue weighted by molar-refractivity contribution is -0.135. The van der Waals surface area contributed by atoms with Gasteiger partial charge in [0.2, 0.25) is 11.6 Å². The topological polar surface area (TPSA) is 74.6 Å². The van der Waals surface area contributed by atoms with E-state index in [2.05, 4.69) is 13.8 Å². The van der Waals surface area contributed by atoms with E-state index in [9.17, 15) is 19.8 Å². The number of carbonyl (C=O) groups excluding carboxylic acids is 2. The summed E-state index contributed by atoms with van der Waals surface area (Å²) in [7, 11) is 0. The Morgan fingerprint density at radius 2 is 1.83 bits per heavy atom. The fourth-order valence-electron chi connectivity index (χ4n) is 5.55. The molecule has 132 valence electrons. The Morgan fingerprint density at radius 3 is 2.42 bits per heavy atom. The minimum absolute atomic E-state index is 0.000690. The summed E-state index contributed by atoms with van der Waals surface area (Å²) in [6.45, 7) is 7.89. The van der Waals surface area contributed by atoms with E-state index in [1.807, 2.05) is 13.8 Å². The van der Waals surface area contributed by atoms with Crippen LogP contribution in [0.1, 0.15) is 59.8 Å². The van der Waals surface area contributed by atoms with Crippen LogP contribution in [-0.4, -0.2) is 28.4 Å². The standard InChI is InChI=1S/C20H28O4/c1-11(2)14-16(22)12-6-7-13-19(3,4)8-5-9-20(13,10-21)15(12)18(24)17(14)23/h11,13,21-22H,5-10H2,1-4H3/t13-,20+/m0/s1. The SMILES string of the molecule is CC(C)C1=C(O)C2=C(C(=O)C1=O)[C@@]1(CO)CCCC(C)(C)[C@@H]1CC2. The summed E-state index contributed by atoms with van der Waals surface area (Å²) in [4.78, 5) is 25.6. The van der Waals surface area contributed by atoms with Gasteiger partial charge in [-0.2, -0.15) is 0 Å². The molecule has 0 aromatic rings. The minimum atomic E-state index is -0.682. The predicted molar refractivity (Wildman–Crippen MR) is 91.4 cm³/mol. The summed E-state index contributed by atoms with van der Waals surface area (Å²) in [5.74, 6) is -1.12. The highest BCUT2D eigenvalue weighted by atomic mass is 16.3. The second-order valence-electron chi connectivity index (χ2n) is 8.68. The van der Waals surface area contributed by atoms with Crippen LogP contribution in [0, 0.1) is 22.7 Å². The molecular weight excluding hydrogens is 304 g/mol. The van der Waals surface area contributed by atoms with Crippen molar-refractivity contribution in [2.24, 2.45) is 22.7 Å². The molecule has 3 rings (SSSR count). The van der Waals surface area contributed by atoms with E-state index in [4.69, 9.17) is 0 Å². The van der Waals surface area contributed by atoms with Gasteiger partial charge in [0.05, 0.1) is 6.61 Å². The van der Waals surface area contributed by atoms with Gasteiger partial charge in [-0.25, -0.2) is 0 Å². The number of allylic oxidation sites excluding steroid dienone is 2. The molecule has 2 atom stereocenters. The van der Waals surface area contributed by atoms with E-state index < -0.39 is 17.0 Å². The molecule has 4 nitrogen and oxygen atoms in total. The van der Waals surface area contributed by atoms with Gasteiger partial charge in [0.15, 0.2) is 0 Å². The fourth-order valence-corrected chi connectivity index (χ4v) is 5.55. The number of rotatable bonds is 2. The van der Waals surface area contributed by atoms with Crippen LogP contribution in [0.4, 0.5) is 0 Å². The highest BCUT2D eigenvalue weighted by Gasteiger charge is 2.57. The van der Waals surface area contributed by atoms with Crippen LogP contribution in [0.25, 0.3) is 0 Å². The molecule has 0 spiro atoms. The lowest BCUT2D eigenvalue weighted by atomic mass is 9.48. The summed E-state index contributed by atoms with van der Waals surface area (Å²) < 4.78 is 0. The molecule has 1 saturated carbocycles. The Balaban J connectivity index is 2.25. The van der Waals surface area contributed by atoms with Crippen molar-refractivity contribution in [2.45, 2.75) is 59.8 Å². The van der Waals surface area contributed by atoms with E-state index in [0.29, 0.717) is 24.0 Å². The number of ketones is 2. The molecule has 0 aromatic carbocycles. The van der Waals surface area contributed by atoms with Crippen molar-refractivity contribution in [3.05, 3.63) is 22.5 Å². The molecule has 0 bridgehead atoms. The van der Waals surface area contributed by atoms with E-state index in [0.717, 1.165) is 19.3 Å². The minimum Gasteiger partial charge on any atom is -0.507 e. The average molecular weight is 332 g/mol. The van der Waals surface area contributed by atoms with Gasteiger partial charge in [0.25, 0.3) is 0 Å². The molecule has 0 amide bonds. The Morgan fingerprint density at radius 1 is 1.17 bits per heavy atom. The maximum Gasteiger partial charge on any atom is 0.233 e. The van der Waals surface area contributed by atoms with Gasteiger partial charge in [-0.05, 0) is 42.9 Å². The number of aliphatic hydroxyl groups is 2. The number of hydrogen-bond acceptors (Lipinski definition) is 4. The third-order valence-electron chi connectivity index (χ3n) is 6.62. The smallest absolute Gasteiger partial charge is 0.233 e. The molecule has 4 heteroatoms. The predicted octanol–water partition coefficient (Wildman–Crippen LogP) is 3.50. The zero-order valence-electron chi connectivity index (χ0n) is 15.1. The maximum absolute atomic E-state index is 13.0. The number of Topliss-reactive ketones (excluding diaryl/α,β-unsaturated/α-hetero) is 2. The molecule has 1 fully saturated rings. The first-order chi connectivity index (χ1) is 11.2. The summed E-state index contributed by atoms with van der Waals surface area (Å²) in [5.41, 5.74) is 0.603. The molecule has 0 heterocycles. The third-order valence-corrected chi connectivity index (χ3v) is 6.62. The lowest BCUT2D eigenvalue weighted by Crippen LogP contribution is -2.53. The van der Waals surface area contributed by atoms with E-state index >= 15 is 0 Å². The molecular formula is C20H28O4. The van der Waals surface area contributed by atoms with Gasteiger partial charge >= 0.3 is 0 Å². The van der Waals surface area contributed by atoms with Crippen LogP contribution < -0.4 is 0 Å². The first-order valence-electron chi connectivity index (χ1n) is 9.04. The largest absolute Gasteiger partial charge is 0.507 e. The van der Waals surface area contributed by atoms with Gasteiger partial charge in [0.1, 0.15) is 5.76 Å². The van der Waals surface area contributed by atoms with Crippen molar-refractivity contribution in [3.8, 4) is 0 Å². The molecule has 3 aliphatic carbocycles. The van der Waals surface area contributed by atoms with Crippen LogP contribution in [0.5, 0.6) is 0 Å². The Kier molecular flexibility index (Phi) is 4.03. The number of fused-ring (bicyclic) bond motifs is 2. The summed E-state index contributed by atoms with van der Waals surface area (Å²) >= 11 is 0. The number of hydrogen-bond donors (Lipinski definition) is 2. The quantitative estimate of drug-likeness (QED) is 0.599. The molecule has 0 saturated heterocycles. The van der Waals surface area contributed by atoms with Gasteiger partial charge in [-0.3, -0.25) is 9.59 Å². The third kappa shape index (κ3) is 2.15. The Labute approximate surface area is 143 Å². The normalized spacial score (nSPS) is 33.0. The molecule has 2 N–H and O–H groups in total. The van der Waals surface area contributed by atoms with Crippen LogP contribution >= 0.6 is 0 Å².